The van der Waals surface area contributed by atoms with E-state index in [1.165, 1.54) is 6.07 Å². The summed E-state index contributed by atoms with van der Waals surface area (Å²) < 4.78 is 19.4. The van der Waals surface area contributed by atoms with E-state index in [1.54, 1.807) is 19.1 Å². The maximum atomic E-state index is 14.3. The number of carbonyl (C=O) groups excluding carboxylic acids is 1. The lowest BCUT2D eigenvalue weighted by Gasteiger charge is -2.13. The first-order valence-corrected chi connectivity index (χ1v) is 7.15. The number of benzene rings is 2. The standard InChI is InChI=1S/C18H19FO2/c1-3-11-21-18(20)13(2)15-9-10-16(17(19)12-15)14-7-5-4-6-8-14/h4-10,12-13H,3,11H2,1-2H3/t13-/m0/s1. The van der Waals surface area contributed by atoms with Crippen LogP contribution < -0.4 is 0 Å². The Morgan fingerprint density at radius 3 is 2.52 bits per heavy atom. The van der Waals surface area contributed by atoms with Crippen LogP contribution >= 0.6 is 0 Å². The first kappa shape index (κ1) is 15.2. The molecule has 2 aromatic carbocycles. The molecule has 21 heavy (non-hydrogen) atoms. The van der Waals surface area contributed by atoms with Gasteiger partial charge in [0.05, 0.1) is 12.5 Å². The zero-order valence-corrected chi connectivity index (χ0v) is 12.3. The highest BCUT2D eigenvalue weighted by atomic mass is 19.1. The highest BCUT2D eigenvalue weighted by Crippen LogP contribution is 2.26. The van der Waals surface area contributed by atoms with Crippen LogP contribution in [0.4, 0.5) is 4.39 Å². The zero-order chi connectivity index (χ0) is 15.2. The molecule has 0 N–H and O–H groups in total. The Morgan fingerprint density at radius 1 is 1.19 bits per heavy atom. The van der Waals surface area contributed by atoms with Crippen molar-refractivity contribution in [3.05, 3.63) is 59.9 Å². The summed E-state index contributed by atoms with van der Waals surface area (Å²) in [5.41, 5.74) is 1.99. The molecule has 0 unspecified atom stereocenters. The van der Waals surface area contributed by atoms with E-state index in [0.29, 0.717) is 17.7 Å². The van der Waals surface area contributed by atoms with E-state index in [4.69, 9.17) is 4.74 Å². The summed E-state index contributed by atoms with van der Waals surface area (Å²) in [6.07, 6.45) is 0.778. The van der Waals surface area contributed by atoms with Gasteiger partial charge in [0.2, 0.25) is 0 Å². The van der Waals surface area contributed by atoms with Gasteiger partial charge in [0.1, 0.15) is 5.82 Å². The number of rotatable bonds is 5. The smallest absolute Gasteiger partial charge is 0.313 e. The van der Waals surface area contributed by atoms with Crippen molar-refractivity contribution in [3.8, 4) is 11.1 Å². The molecule has 2 nitrogen and oxygen atoms in total. The Morgan fingerprint density at radius 2 is 1.90 bits per heavy atom. The fourth-order valence-corrected chi connectivity index (χ4v) is 2.12. The number of hydrogen-bond donors (Lipinski definition) is 0. The molecule has 0 aliphatic rings. The number of esters is 1. The van der Waals surface area contributed by atoms with Crippen LogP contribution in [0.2, 0.25) is 0 Å². The van der Waals surface area contributed by atoms with Crippen molar-refractivity contribution in [2.24, 2.45) is 0 Å². The molecule has 0 saturated carbocycles. The number of halogens is 1. The molecular formula is C18H19FO2. The minimum atomic E-state index is -0.462. The van der Waals surface area contributed by atoms with Crippen molar-refractivity contribution in [1.29, 1.82) is 0 Å². The Hall–Kier alpha value is -2.16. The largest absolute Gasteiger partial charge is 0.465 e. The lowest BCUT2D eigenvalue weighted by atomic mass is 9.97. The van der Waals surface area contributed by atoms with Crippen LogP contribution in [0.25, 0.3) is 11.1 Å². The Kier molecular flexibility index (Phi) is 5.09. The Bertz CT molecular complexity index is 608. The summed E-state index contributed by atoms with van der Waals surface area (Å²) in [6.45, 7) is 4.06. The molecule has 0 aromatic heterocycles. The van der Waals surface area contributed by atoms with Crippen molar-refractivity contribution in [1.82, 2.24) is 0 Å². The van der Waals surface area contributed by atoms with Gasteiger partial charge in [0.25, 0.3) is 0 Å². The predicted molar refractivity (Wildman–Crippen MR) is 81.5 cm³/mol. The highest BCUT2D eigenvalue weighted by molar-refractivity contribution is 5.78. The second-order valence-corrected chi connectivity index (χ2v) is 4.99. The topological polar surface area (TPSA) is 26.3 Å². The lowest BCUT2D eigenvalue weighted by molar-refractivity contribution is -0.145. The molecule has 0 heterocycles. The number of hydrogen-bond acceptors (Lipinski definition) is 2. The van der Waals surface area contributed by atoms with Gasteiger partial charge in [-0.1, -0.05) is 49.4 Å². The third kappa shape index (κ3) is 3.69. The summed E-state index contributed by atoms with van der Waals surface area (Å²) in [5, 5.41) is 0. The van der Waals surface area contributed by atoms with Crippen LogP contribution in [0.3, 0.4) is 0 Å². The maximum Gasteiger partial charge on any atom is 0.313 e. The molecule has 110 valence electrons. The monoisotopic (exact) mass is 286 g/mol. The quantitative estimate of drug-likeness (QED) is 0.754. The zero-order valence-electron chi connectivity index (χ0n) is 12.3. The second kappa shape index (κ2) is 7.02. The van der Waals surface area contributed by atoms with E-state index >= 15 is 0 Å². The van der Waals surface area contributed by atoms with Crippen LogP contribution in [0.1, 0.15) is 31.7 Å². The molecule has 0 aliphatic carbocycles. The van der Waals surface area contributed by atoms with E-state index in [2.05, 4.69) is 0 Å². The normalized spacial score (nSPS) is 12.0. The van der Waals surface area contributed by atoms with Gasteiger partial charge < -0.3 is 4.74 Å². The summed E-state index contributed by atoms with van der Waals surface area (Å²) >= 11 is 0. The van der Waals surface area contributed by atoms with Gasteiger partial charge in [-0.25, -0.2) is 4.39 Å². The highest BCUT2D eigenvalue weighted by Gasteiger charge is 2.18. The Labute approximate surface area is 124 Å². The molecule has 0 bridgehead atoms. The average Bonchev–Trinajstić information content (AvgIpc) is 2.52. The van der Waals surface area contributed by atoms with Crippen molar-refractivity contribution in [3.63, 3.8) is 0 Å². The fraction of sp³-hybridized carbons (Fsp3) is 0.278. The van der Waals surface area contributed by atoms with E-state index in [9.17, 15) is 9.18 Å². The second-order valence-electron chi connectivity index (χ2n) is 4.99. The number of carbonyl (C=O) groups is 1. The first-order chi connectivity index (χ1) is 10.1. The van der Waals surface area contributed by atoms with Crippen LogP contribution in [0.15, 0.2) is 48.5 Å². The van der Waals surface area contributed by atoms with Gasteiger partial charge in [-0.2, -0.15) is 0 Å². The fourth-order valence-electron chi connectivity index (χ4n) is 2.12. The van der Waals surface area contributed by atoms with Crippen molar-refractivity contribution < 1.29 is 13.9 Å². The van der Waals surface area contributed by atoms with Gasteiger partial charge in [-0.15, -0.1) is 0 Å². The maximum absolute atomic E-state index is 14.3. The van der Waals surface area contributed by atoms with Crippen LogP contribution in [-0.4, -0.2) is 12.6 Å². The van der Waals surface area contributed by atoms with Crippen molar-refractivity contribution in [2.45, 2.75) is 26.2 Å². The van der Waals surface area contributed by atoms with E-state index in [0.717, 1.165) is 12.0 Å². The molecule has 0 fully saturated rings. The van der Waals surface area contributed by atoms with E-state index in [-0.39, 0.29) is 11.8 Å². The Balaban J connectivity index is 2.21. The van der Waals surface area contributed by atoms with E-state index < -0.39 is 5.92 Å². The lowest BCUT2D eigenvalue weighted by Crippen LogP contribution is -2.14. The van der Waals surface area contributed by atoms with Crippen LogP contribution in [-0.2, 0) is 9.53 Å². The van der Waals surface area contributed by atoms with Crippen LogP contribution in [0, 0.1) is 5.82 Å². The minimum Gasteiger partial charge on any atom is -0.465 e. The molecule has 0 amide bonds. The third-order valence-corrected chi connectivity index (χ3v) is 3.38. The predicted octanol–water partition coefficient (Wildman–Crippen LogP) is 4.55. The SMILES string of the molecule is CCCOC(=O)[C@@H](C)c1ccc(-c2ccccc2)c(F)c1. The summed E-state index contributed by atoms with van der Waals surface area (Å²) in [5.74, 6) is -1.10. The first-order valence-electron chi connectivity index (χ1n) is 7.15. The molecule has 0 radical (unpaired) electrons. The summed E-state index contributed by atoms with van der Waals surface area (Å²) in [4.78, 5) is 11.8. The molecule has 0 spiro atoms. The van der Waals surface area contributed by atoms with Crippen molar-refractivity contribution in [2.75, 3.05) is 6.61 Å². The van der Waals surface area contributed by atoms with Crippen molar-refractivity contribution >= 4 is 5.97 Å². The molecule has 2 rings (SSSR count). The molecule has 2 aromatic rings. The summed E-state index contributed by atoms with van der Waals surface area (Å²) in [6, 6.07) is 14.3. The van der Waals surface area contributed by atoms with Gasteiger partial charge in [-0.3, -0.25) is 4.79 Å². The molecule has 0 saturated heterocycles. The minimum absolute atomic E-state index is 0.316. The van der Waals surface area contributed by atoms with Gasteiger partial charge in [-0.05, 0) is 30.5 Å². The molecular weight excluding hydrogens is 267 g/mol. The van der Waals surface area contributed by atoms with Gasteiger partial charge in [0, 0.05) is 5.56 Å². The van der Waals surface area contributed by atoms with Gasteiger partial charge in [0.15, 0.2) is 0 Å². The van der Waals surface area contributed by atoms with Gasteiger partial charge >= 0.3 is 5.97 Å². The molecule has 3 heteroatoms. The molecule has 0 aliphatic heterocycles. The molecule has 1 atom stereocenters. The van der Waals surface area contributed by atoms with E-state index in [1.807, 2.05) is 37.3 Å². The number of ether oxygens (including phenoxy) is 1. The summed E-state index contributed by atoms with van der Waals surface area (Å²) in [7, 11) is 0. The average molecular weight is 286 g/mol. The third-order valence-electron chi connectivity index (χ3n) is 3.38. The van der Waals surface area contributed by atoms with Crippen LogP contribution in [0.5, 0.6) is 0 Å².